The van der Waals surface area contributed by atoms with Crippen molar-refractivity contribution in [1.82, 2.24) is 20.1 Å². The first-order valence-corrected chi connectivity index (χ1v) is 11.6. The van der Waals surface area contributed by atoms with E-state index in [9.17, 15) is 18.0 Å². The lowest BCUT2D eigenvalue weighted by atomic mass is 9.85. The maximum absolute atomic E-state index is 14.9. The molecule has 2 aliphatic rings. The summed E-state index contributed by atoms with van der Waals surface area (Å²) < 4.78 is 51.4. The van der Waals surface area contributed by atoms with Crippen LogP contribution in [0.1, 0.15) is 41.1 Å². The predicted molar refractivity (Wildman–Crippen MR) is 123 cm³/mol. The zero-order valence-corrected chi connectivity index (χ0v) is 19.9. The molecule has 1 aliphatic carbocycles. The molecule has 1 fully saturated rings. The molecule has 10 nitrogen and oxygen atoms in total. The number of amides is 1. The number of amidine groups is 1. The topological polar surface area (TPSA) is 141 Å². The van der Waals surface area contributed by atoms with Crippen LogP contribution in [0.5, 0.6) is 5.88 Å². The number of anilines is 1. The summed E-state index contributed by atoms with van der Waals surface area (Å²) in [5.74, 6) is -0.981. The highest BCUT2D eigenvalue weighted by molar-refractivity contribution is 8.15. The number of rotatable bonds is 7. The van der Waals surface area contributed by atoms with E-state index in [1.54, 1.807) is 13.8 Å². The van der Waals surface area contributed by atoms with Gasteiger partial charge in [0.05, 0.1) is 22.7 Å². The van der Waals surface area contributed by atoms with Crippen molar-refractivity contribution in [3.63, 3.8) is 0 Å². The van der Waals surface area contributed by atoms with Crippen LogP contribution in [-0.4, -0.2) is 42.4 Å². The molecule has 5 rings (SSSR count). The number of fused-ring (bicyclic) bond motifs is 1. The number of ether oxygens (including phenoxy) is 1. The number of benzene rings is 1. The SMILES string of the molecule is Cc1noc(COc2cnc(C(=O)Nc3ccc(F)c([C@@]4(C)N=C(N)S[C@@]5(C(F)F)C[C@@H]45)c3)cn2)n1. The Balaban J connectivity index is 1.31. The Hall–Kier alpha value is -3.68. The quantitative estimate of drug-likeness (QED) is 0.480. The first-order chi connectivity index (χ1) is 17.1. The maximum Gasteiger partial charge on any atom is 0.275 e. The Kier molecular flexibility index (Phi) is 5.85. The molecule has 1 amide bonds. The van der Waals surface area contributed by atoms with Crippen molar-refractivity contribution in [2.45, 2.75) is 43.6 Å². The van der Waals surface area contributed by atoms with Gasteiger partial charge in [-0.25, -0.2) is 23.1 Å². The highest BCUT2D eigenvalue weighted by atomic mass is 32.2. The number of aryl methyl sites for hydroxylation is 1. The minimum atomic E-state index is -2.63. The van der Waals surface area contributed by atoms with E-state index in [2.05, 4.69) is 30.4 Å². The van der Waals surface area contributed by atoms with Crippen LogP contribution in [0, 0.1) is 18.7 Å². The van der Waals surface area contributed by atoms with Crippen LogP contribution in [0.4, 0.5) is 18.9 Å². The van der Waals surface area contributed by atoms with Gasteiger partial charge in [-0.15, -0.1) is 0 Å². The molecule has 3 atom stereocenters. The van der Waals surface area contributed by atoms with Crippen LogP contribution >= 0.6 is 11.8 Å². The fourth-order valence-electron chi connectivity index (χ4n) is 4.33. The summed E-state index contributed by atoms with van der Waals surface area (Å²) in [7, 11) is 0. The number of carbonyl (C=O) groups excluding carboxylic acids is 1. The molecule has 0 spiro atoms. The van der Waals surface area contributed by atoms with Gasteiger partial charge in [0, 0.05) is 17.2 Å². The van der Waals surface area contributed by atoms with E-state index in [4.69, 9.17) is 15.0 Å². The summed E-state index contributed by atoms with van der Waals surface area (Å²) >= 11 is 0.838. The Labute approximate surface area is 206 Å². The first-order valence-electron chi connectivity index (χ1n) is 10.8. The van der Waals surface area contributed by atoms with Crippen LogP contribution in [0.15, 0.2) is 40.1 Å². The molecule has 1 saturated carbocycles. The van der Waals surface area contributed by atoms with Crippen LogP contribution < -0.4 is 15.8 Å². The highest BCUT2D eigenvalue weighted by Crippen LogP contribution is 2.68. The fraction of sp³-hybridized carbons (Fsp3) is 0.364. The second-order valence-electron chi connectivity index (χ2n) is 8.62. The summed E-state index contributed by atoms with van der Waals surface area (Å²) in [6.45, 7) is 3.24. The number of alkyl halides is 2. The van der Waals surface area contributed by atoms with Crippen LogP contribution in [0.25, 0.3) is 0 Å². The summed E-state index contributed by atoms with van der Waals surface area (Å²) in [4.78, 5) is 29.1. The van der Waals surface area contributed by atoms with Gasteiger partial charge in [0.25, 0.3) is 18.2 Å². The Morgan fingerprint density at radius 3 is 2.83 bits per heavy atom. The van der Waals surface area contributed by atoms with E-state index >= 15 is 0 Å². The number of nitrogens with two attached hydrogens (primary N) is 1. The van der Waals surface area contributed by atoms with Gasteiger partial charge in [-0.1, -0.05) is 16.9 Å². The van der Waals surface area contributed by atoms with E-state index < -0.39 is 34.4 Å². The number of halogens is 3. The smallest absolute Gasteiger partial charge is 0.275 e. The first kappa shape index (κ1) is 24.0. The normalized spacial score (nSPS) is 24.7. The molecule has 0 saturated heterocycles. The lowest BCUT2D eigenvalue weighted by Crippen LogP contribution is -2.38. The molecule has 3 aromatic rings. The molecule has 1 aromatic carbocycles. The molecule has 0 radical (unpaired) electrons. The van der Waals surface area contributed by atoms with Gasteiger partial charge in [0.1, 0.15) is 11.5 Å². The Morgan fingerprint density at radius 2 is 2.17 bits per heavy atom. The van der Waals surface area contributed by atoms with Crippen molar-refractivity contribution < 1.29 is 27.2 Å². The number of hydrogen-bond acceptors (Lipinski definition) is 10. The summed E-state index contributed by atoms with van der Waals surface area (Å²) in [5, 5.41) is 6.24. The number of aliphatic imine (C=N–C) groups is 1. The molecule has 1 aliphatic heterocycles. The largest absolute Gasteiger partial charge is 0.466 e. The van der Waals surface area contributed by atoms with Gasteiger partial charge < -0.3 is 20.3 Å². The van der Waals surface area contributed by atoms with Gasteiger partial charge in [-0.2, -0.15) is 4.98 Å². The van der Waals surface area contributed by atoms with E-state index in [-0.39, 0.29) is 46.9 Å². The molecule has 0 unspecified atom stereocenters. The number of aromatic nitrogens is 4. The van der Waals surface area contributed by atoms with Crippen LogP contribution in [0.3, 0.4) is 0 Å². The van der Waals surface area contributed by atoms with Crippen molar-refractivity contribution in [3.8, 4) is 5.88 Å². The van der Waals surface area contributed by atoms with Gasteiger partial charge in [-0.05, 0) is 38.5 Å². The third kappa shape index (κ3) is 4.25. The number of carbonyl (C=O) groups is 1. The van der Waals surface area contributed by atoms with E-state index in [1.165, 1.54) is 24.5 Å². The van der Waals surface area contributed by atoms with Crippen molar-refractivity contribution in [2.75, 3.05) is 5.32 Å². The number of nitrogens with zero attached hydrogens (tertiary/aromatic N) is 5. The molecule has 3 N–H and O–H groups in total. The molecular weight excluding hydrogens is 499 g/mol. The monoisotopic (exact) mass is 519 g/mol. The summed E-state index contributed by atoms with van der Waals surface area (Å²) in [6, 6.07) is 3.89. The molecular formula is C22H20F3N7O3S. The maximum atomic E-state index is 14.9. The second-order valence-corrected chi connectivity index (χ2v) is 10.0. The van der Waals surface area contributed by atoms with E-state index in [0.29, 0.717) is 5.82 Å². The Morgan fingerprint density at radius 1 is 1.36 bits per heavy atom. The standard InChI is InChI=1S/C22H20F3N7O3S/c1-10-29-17(35-32-10)9-34-16-8-27-14(7-28-16)18(33)30-11-3-4-13(23)12(5-11)21(2)15-6-22(15,19(24)25)36-20(26)31-21/h3-5,7-8,15,19H,6,9H2,1-2H3,(H2,26,31)(H,30,33)/t15-,21+,22-/m0/s1. The number of nitrogens with one attached hydrogen (secondary N) is 1. The Bertz CT molecular complexity index is 1350. The molecule has 14 heteroatoms. The highest BCUT2D eigenvalue weighted by Gasteiger charge is 2.71. The lowest BCUT2D eigenvalue weighted by Gasteiger charge is -2.34. The van der Waals surface area contributed by atoms with Crippen LogP contribution in [-0.2, 0) is 12.1 Å². The number of hydrogen-bond donors (Lipinski definition) is 2. The molecule has 36 heavy (non-hydrogen) atoms. The fourth-order valence-corrected chi connectivity index (χ4v) is 5.67. The number of thioether (sulfide) groups is 1. The van der Waals surface area contributed by atoms with E-state index in [0.717, 1.165) is 17.8 Å². The zero-order chi connectivity index (χ0) is 25.7. The van der Waals surface area contributed by atoms with Crippen LogP contribution in [0.2, 0.25) is 0 Å². The average molecular weight is 520 g/mol. The predicted octanol–water partition coefficient (Wildman–Crippen LogP) is 3.44. The summed E-state index contributed by atoms with van der Waals surface area (Å²) in [5.41, 5.74) is 4.84. The van der Waals surface area contributed by atoms with Gasteiger partial charge in [-0.3, -0.25) is 9.79 Å². The van der Waals surface area contributed by atoms with Gasteiger partial charge in [0.2, 0.25) is 5.88 Å². The molecule has 2 aromatic heterocycles. The second kappa shape index (κ2) is 8.76. The van der Waals surface area contributed by atoms with Crippen molar-refractivity contribution in [2.24, 2.45) is 16.6 Å². The minimum Gasteiger partial charge on any atom is -0.466 e. The van der Waals surface area contributed by atoms with Gasteiger partial charge in [0.15, 0.2) is 17.6 Å². The summed E-state index contributed by atoms with van der Waals surface area (Å²) in [6.07, 6.45) is -0.0143. The van der Waals surface area contributed by atoms with Crippen molar-refractivity contribution in [3.05, 3.63) is 59.4 Å². The lowest BCUT2D eigenvalue weighted by molar-refractivity contribution is 0.102. The zero-order valence-electron chi connectivity index (χ0n) is 19.0. The third-order valence-corrected chi connectivity index (χ3v) is 7.49. The van der Waals surface area contributed by atoms with Gasteiger partial charge >= 0.3 is 0 Å². The molecule has 188 valence electrons. The third-order valence-electron chi connectivity index (χ3n) is 6.18. The van der Waals surface area contributed by atoms with Crippen molar-refractivity contribution in [1.29, 1.82) is 0 Å². The average Bonchev–Trinajstić information content (AvgIpc) is 3.46. The minimum absolute atomic E-state index is 0.0163. The van der Waals surface area contributed by atoms with E-state index in [1.807, 2.05) is 0 Å². The molecule has 3 heterocycles. The van der Waals surface area contributed by atoms with Crippen molar-refractivity contribution >= 4 is 28.5 Å². The molecule has 0 bridgehead atoms.